The summed E-state index contributed by atoms with van der Waals surface area (Å²) in [5, 5.41) is 11.8. The number of para-hydroxylation sites is 2. The molecular weight excluding hydrogens is 1340 g/mol. The van der Waals surface area contributed by atoms with Crippen LogP contribution in [0.25, 0.3) is 99.2 Å². The molecule has 522 valence electrons. The number of furan rings is 2. The van der Waals surface area contributed by atoms with Crippen molar-refractivity contribution in [1.29, 1.82) is 0 Å². The first-order valence-electron chi connectivity index (χ1n) is 38.2. The van der Waals surface area contributed by atoms with Gasteiger partial charge < -0.3 is 18.6 Å². The van der Waals surface area contributed by atoms with Gasteiger partial charge in [-0.1, -0.05) is 326 Å². The predicted octanol–water partition coefficient (Wildman–Crippen LogP) is 25.5. The minimum absolute atomic E-state index is 0.0807. The van der Waals surface area contributed by atoms with Crippen molar-refractivity contribution in [2.75, 3.05) is 9.80 Å². The van der Waals surface area contributed by atoms with Crippen molar-refractivity contribution < 1.29 is 8.83 Å². The lowest BCUT2D eigenvalue weighted by molar-refractivity contribution is 0.590. The first-order valence-corrected chi connectivity index (χ1v) is 40.2. The summed E-state index contributed by atoms with van der Waals surface area (Å²) in [5.41, 5.74) is 26.4. The van der Waals surface area contributed by atoms with Gasteiger partial charge in [-0.15, -0.1) is 0 Å². The molecule has 2 heterocycles. The zero-order chi connectivity index (χ0) is 73.5. The van der Waals surface area contributed by atoms with Crippen LogP contribution in [0.4, 0.5) is 34.1 Å². The second kappa shape index (κ2) is 25.2. The number of aryl methyl sites for hydroxylation is 1. The van der Waals surface area contributed by atoms with Crippen molar-refractivity contribution in [3.05, 3.63) is 397 Å². The molecule has 0 atom stereocenters. The maximum absolute atomic E-state index is 7.37. The van der Waals surface area contributed by atoms with Crippen molar-refractivity contribution in [2.45, 2.75) is 64.7 Å². The van der Waals surface area contributed by atoms with Gasteiger partial charge in [0.1, 0.15) is 11.2 Å². The summed E-state index contributed by atoms with van der Waals surface area (Å²) in [6.07, 6.45) is 0. The quantitative estimate of drug-likeness (QED) is 0.0901. The molecule has 5 heteroatoms. The molecule has 2 aromatic heterocycles. The zero-order valence-corrected chi connectivity index (χ0v) is 63.3. The Morgan fingerprint density at radius 3 is 1.23 bits per heavy atom. The fourth-order valence-corrected chi connectivity index (χ4v) is 23.2. The largest absolute Gasteiger partial charge is 0.454 e. The first kappa shape index (κ1) is 65.7. The van der Waals surface area contributed by atoms with E-state index >= 15 is 0 Å². The minimum atomic E-state index is -2.95. The molecule has 2 aliphatic carbocycles. The number of benzene rings is 16. The van der Waals surface area contributed by atoms with E-state index in [1.165, 1.54) is 87.3 Å². The van der Waals surface area contributed by atoms with Crippen molar-refractivity contribution in [3.63, 3.8) is 0 Å². The van der Waals surface area contributed by atoms with Crippen molar-refractivity contribution in [3.8, 4) is 44.5 Å². The van der Waals surface area contributed by atoms with Crippen LogP contribution in [0.5, 0.6) is 0 Å². The fraction of sp³-hybridized carbons (Fsp3) is 0.0962. The molecule has 0 radical (unpaired) electrons. The van der Waals surface area contributed by atoms with Crippen LogP contribution in [0, 0.1) is 6.92 Å². The second-order valence-electron chi connectivity index (χ2n) is 31.9. The second-order valence-corrected chi connectivity index (χ2v) is 35.7. The van der Waals surface area contributed by atoms with Gasteiger partial charge in [0.15, 0.2) is 19.2 Å². The fourth-order valence-electron chi connectivity index (χ4n) is 18.4. The minimum Gasteiger partial charge on any atom is -0.454 e. The van der Waals surface area contributed by atoms with Gasteiger partial charge in [-0.2, -0.15) is 0 Å². The highest BCUT2D eigenvalue weighted by Crippen LogP contribution is 2.66. The van der Waals surface area contributed by atoms with Gasteiger partial charge in [-0.05, 0) is 201 Å². The first-order chi connectivity index (χ1) is 53.2. The molecule has 109 heavy (non-hydrogen) atoms. The summed E-state index contributed by atoms with van der Waals surface area (Å²) in [5.74, 6) is 0. The van der Waals surface area contributed by atoms with E-state index in [9.17, 15) is 0 Å². The lowest BCUT2D eigenvalue weighted by Crippen LogP contribution is -2.74. The number of rotatable bonds is 12. The van der Waals surface area contributed by atoms with Crippen LogP contribution in [-0.4, -0.2) is 8.07 Å². The molecule has 0 fully saturated rings. The maximum atomic E-state index is 7.37. The monoisotopic (exact) mass is 1420 g/mol. The molecule has 4 nitrogen and oxygen atoms in total. The van der Waals surface area contributed by atoms with Crippen molar-refractivity contribution in [2.24, 2.45) is 0 Å². The SMILES string of the molecule is Cc1cccc(-c2cc(N(c3ccc(C(C)(C)C)cc3)c3cc4c(c5ccccc35)-c3ccc(N(c5ccc(C(C)(C)C)cc5)c5cc(-c6cccc([Si](c7ccccc7)(c7ccccc7)c7ccccc7)c6)cc6c5oc5ccccc56)cc3C43c4ccccc4-c4ccccc43)c3oc4ccccc4c3c2)c1. The van der Waals surface area contributed by atoms with Crippen LogP contribution in [0.2, 0.25) is 0 Å². The molecule has 16 aromatic carbocycles. The van der Waals surface area contributed by atoms with E-state index in [1.54, 1.807) is 0 Å². The molecule has 0 saturated heterocycles. The summed E-state index contributed by atoms with van der Waals surface area (Å²) in [4.78, 5) is 5.02. The average Bonchev–Trinajstić information content (AvgIpc) is 1.49. The number of hydrogen-bond donors (Lipinski definition) is 0. The van der Waals surface area contributed by atoms with Crippen molar-refractivity contribution >= 4 is 118 Å². The zero-order valence-electron chi connectivity index (χ0n) is 62.3. The number of fused-ring (bicyclic) bond motifs is 18. The van der Waals surface area contributed by atoms with E-state index in [2.05, 4.69) is 416 Å². The van der Waals surface area contributed by atoms with Crippen LogP contribution in [0.15, 0.2) is 367 Å². The van der Waals surface area contributed by atoms with E-state index in [1.807, 2.05) is 0 Å². The standard InChI is InChI=1S/C104H80N2O2Si/c1-67-29-27-30-68(59-67)70-61-89-85-43-22-26-48-98(85)108-101(89)96(64-70)106(75-55-51-73(52-56-75)103(5,6)7)94-66-93-99(86-44-18-17-41-83(86)94)87-58-57-76(65-92(87)104(93)90-45-23-19-39-81(90)82-40-20-24-46-91(82)104)105(74-53-49-72(50-54-74)102(2,3)4)95-63-71(62-88-84-42-21-25-47-97(84)107-100(88)95)69-31-28-38-80(60-69)109(77-32-11-8-12-33-77,78-34-13-9-14-35-78)79-36-15-10-16-37-79/h8-66H,1-7H3. The Morgan fingerprint density at radius 1 is 0.275 bits per heavy atom. The number of nitrogens with zero attached hydrogens (tertiary/aromatic N) is 2. The van der Waals surface area contributed by atoms with Gasteiger partial charge in [-0.25, -0.2) is 0 Å². The van der Waals surface area contributed by atoms with E-state index in [4.69, 9.17) is 8.83 Å². The Hall–Kier alpha value is -12.8. The molecule has 0 aliphatic heterocycles. The normalized spacial score (nSPS) is 13.0. The number of hydrogen-bond acceptors (Lipinski definition) is 4. The summed E-state index contributed by atoms with van der Waals surface area (Å²) in [6, 6.07) is 135. The molecule has 0 unspecified atom stereocenters. The Balaban J connectivity index is 0.860. The Morgan fingerprint density at radius 2 is 0.706 bits per heavy atom. The van der Waals surface area contributed by atoms with E-state index in [-0.39, 0.29) is 10.8 Å². The third-order valence-electron chi connectivity index (χ3n) is 23.5. The Labute approximate surface area is 638 Å². The number of anilines is 6. The molecule has 1 spiro atoms. The predicted molar refractivity (Wildman–Crippen MR) is 461 cm³/mol. The molecule has 2 aliphatic rings. The summed E-state index contributed by atoms with van der Waals surface area (Å²) >= 11 is 0. The lowest BCUT2D eigenvalue weighted by Gasteiger charge is -2.34. The van der Waals surface area contributed by atoms with E-state index in [0.29, 0.717) is 0 Å². The average molecular weight is 1420 g/mol. The lowest BCUT2D eigenvalue weighted by atomic mass is 9.70. The highest BCUT2D eigenvalue weighted by atomic mass is 28.3. The Bertz CT molecular complexity index is 6490. The van der Waals surface area contributed by atoms with Crippen LogP contribution >= 0.6 is 0 Å². The van der Waals surface area contributed by atoms with Gasteiger partial charge >= 0.3 is 0 Å². The summed E-state index contributed by atoms with van der Waals surface area (Å²) < 4.78 is 14.6. The topological polar surface area (TPSA) is 32.8 Å². The van der Waals surface area contributed by atoms with E-state index in [0.717, 1.165) is 106 Å². The van der Waals surface area contributed by atoms with Gasteiger partial charge in [0.2, 0.25) is 0 Å². The molecule has 18 aromatic rings. The molecule has 0 amide bonds. The molecule has 0 saturated carbocycles. The van der Waals surface area contributed by atoms with Crippen LogP contribution in [0.3, 0.4) is 0 Å². The molecule has 0 N–H and O–H groups in total. The van der Waals surface area contributed by atoms with Crippen molar-refractivity contribution in [1.82, 2.24) is 0 Å². The molecule has 0 bridgehead atoms. The smallest absolute Gasteiger partial charge is 0.179 e. The molecular formula is C104H80N2O2Si. The maximum Gasteiger partial charge on any atom is 0.179 e. The highest BCUT2D eigenvalue weighted by molar-refractivity contribution is 7.20. The Kier molecular flexibility index (Phi) is 15.2. The molecule has 20 rings (SSSR count). The summed E-state index contributed by atoms with van der Waals surface area (Å²) in [6.45, 7) is 16.0. The van der Waals surface area contributed by atoms with Gasteiger partial charge in [-0.3, -0.25) is 0 Å². The van der Waals surface area contributed by atoms with Gasteiger partial charge in [0, 0.05) is 44.0 Å². The van der Waals surface area contributed by atoms with Gasteiger partial charge in [0.25, 0.3) is 0 Å². The third-order valence-corrected chi connectivity index (χ3v) is 28.3. The van der Waals surface area contributed by atoms with Crippen LogP contribution in [-0.2, 0) is 16.2 Å². The van der Waals surface area contributed by atoms with Gasteiger partial charge in [0.05, 0.1) is 22.5 Å². The van der Waals surface area contributed by atoms with Crippen LogP contribution < -0.4 is 30.5 Å². The van der Waals surface area contributed by atoms with Crippen LogP contribution in [0.1, 0.15) is 80.5 Å². The third kappa shape index (κ3) is 10.3. The summed E-state index contributed by atoms with van der Waals surface area (Å²) in [7, 11) is -2.95. The highest BCUT2D eigenvalue weighted by Gasteiger charge is 2.53. The van der Waals surface area contributed by atoms with E-state index < -0.39 is 13.5 Å².